The second-order valence-corrected chi connectivity index (χ2v) is 5.57. The number of aromatic nitrogens is 1. The smallest absolute Gasteiger partial charge is 0.311 e. The molecule has 1 N–H and O–H groups in total. The lowest BCUT2D eigenvalue weighted by Gasteiger charge is -2.18. The molecule has 0 aromatic carbocycles. The van der Waals surface area contributed by atoms with Crippen LogP contribution in [0.25, 0.3) is 0 Å². The van der Waals surface area contributed by atoms with Crippen LogP contribution in [0.3, 0.4) is 0 Å². The Morgan fingerprint density at radius 3 is 2.70 bits per heavy atom. The summed E-state index contributed by atoms with van der Waals surface area (Å²) in [6.45, 7) is 2.95. The Kier molecular flexibility index (Phi) is 3.01. The van der Waals surface area contributed by atoms with E-state index in [9.17, 15) is 14.9 Å². The minimum absolute atomic E-state index is 0.0720. The fourth-order valence-corrected chi connectivity index (χ4v) is 2.98. The maximum Gasteiger partial charge on any atom is 0.311 e. The van der Waals surface area contributed by atoms with Gasteiger partial charge in [-0.05, 0) is 6.07 Å². The van der Waals surface area contributed by atoms with E-state index >= 15 is 0 Å². The number of hydrogen-bond acceptors (Lipinski definition) is 5. The first-order valence-electron chi connectivity index (χ1n) is 6.30. The molecule has 1 saturated carbocycles. The first-order chi connectivity index (χ1) is 9.47. The van der Waals surface area contributed by atoms with Gasteiger partial charge in [0.2, 0.25) is 11.7 Å². The van der Waals surface area contributed by atoms with Crippen LogP contribution < -0.4 is 5.32 Å². The number of pyridine rings is 1. The van der Waals surface area contributed by atoms with Gasteiger partial charge in [-0.3, -0.25) is 14.9 Å². The van der Waals surface area contributed by atoms with Gasteiger partial charge >= 0.3 is 5.69 Å². The molecule has 1 aromatic heterocycles. The molecule has 1 amide bonds. The van der Waals surface area contributed by atoms with Crippen LogP contribution in [0.4, 0.5) is 11.5 Å². The number of halogens is 1. The van der Waals surface area contributed by atoms with Crippen LogP contribution in [0.2, 0.25) is 5.15 Å². The van der Waals surface area contributed by atoms with Crippen molar-refractivity contribution in [2.24, 2.45) is 11.8 Å². The number of rotatable bonds is 3. The molecule has 1 aliphatic carbocycles. The highest BCUT2D eigenvalue weighted by atomic mass is 35.5. The number of fused-ring (bicyclic) bond motifs is 1. The van der Waals surface area contributed by atoms with Crippen LogP contribution in [-0.2, 0) is 4.79 Å². The van der Waals surface area contributed by atoms with Gasteiger partial charge in [0.25, 0.3) is 0 Å². The zero-order chi connectivity index (χ0) is 14.4. The first kappa shape index (κ1) is 13.1. The first-order valence-corrected chi connectivity index (χ1v) is 6.68. The summed E-state index contributed by atoms with van der Waals surface area (Å²) in [6, 6.07) is 2.88. The molecule has 1 saturated heterocycles. The van der Waals surface area contributed by atoms with Crippen molar-refractivity contribution in [3.63, 3.8) is 0 Å². The Morgan fingerprint density at radius 2 is 2.15 bits per heavy atom. The van der Waals surface area contributed by atoms with E-state index in [1.165, 1.54) is 12.1 Å². The number of amides is 1. The number of piperidine rings is 1. The monoisotopic (exact) mass is 296 g/mol. The lowest BCUT2D eigenvalue weighted by atomic mass is 10.3. The van der Waals surface area contributed by atoms with Gasteiger partial charge in [0, 0.05) is 44.0 Å². The van der Waals surface area contributed by atoms with Gasteiger partial charge in [-0.15, -0.1) is 0 Å². The Hall–Kier alpha value is -1.89. The van der Waals surface area contributed by atoms with E-state index in [1.807, 2.05) is 0 Å². The van der Waals surface area contributed by atoms with Crippen LogP contribution >= 0.6 is 11.6 Å². The Morgan fingerprint density at radius 1 is 1.50 bits per heavy atom. The molecule has 2 aliphatic rings. The summed E-state index contributed by atoms with van der Waals surface area (Å²) in [5, 5.41) is 14.3. The third-order valence-corrected chi connectivity index (χ3v) is 4.19. The lowest BCUT2D eigenvalue weighted by Crippen LogP contribution is -2.31. The maximum atomic E-state index is 11.3. The fraction of sp³-hybridized carbons (Fsp3) is 0.500. The zero-order valence-corrected chi connectivity index (χ0v) is 11.5. The van der Waals surface area contributed by atoms with E-state index in [-0.39, 0.29) is 28.6 Å². The molecule has 0 radical (unpaired) electrons. The number of nitro groups is 1. The van der Waals surface area contributed by atoms with Crippen molar-refractivity contribution in [1.29, 1.82) is 0 Å². The summed E-state index contributed by atoms with van der Waals surface area (Å²) in [4.78, 5) is 27.5. The number of nitrogens with zero attached hydrogens (tertiary/aromatic N) is 3. The Bertz CT molecular complexity index is 582. The number of likely N-dealkylation sites (tertiary alicyclic amines) is 1. The van der Waals surface area contributed by atoms with E-state index in [2.05, 4.69) is 10.3 Å². The topological polar surface area (TPSA) is 88.4 Å². The van der Waals surface area contributed by atoms with Crippen molar-refractivity contribution < 1.29 is 9.72 Å². The van der Waals surface area contributed by atoms with Crippen LogP contribution in [0.5, 0.6) is 0 Å². The second kappa shape index (κ2) is 4.59. The molecule has 2 unspecified atom stereocenters. The third-order valence-electron chi connectivity index (χ3n) is 3.98. The SMILES string of the molecule is CC(=O)N1CC2C(C1)C2Nc1nc(Cl)ccc1[N+](=O)[O-]. The van der Waals surface area contributed by atoms with Crippen molar-refractivity contribution in [3.8, 4) is 0 Å². The van der Waals surface area contributed by atoms with Crippen molar-refractivity contribution in [1.82, 2.24) is 9.88 Å². The molecule has 106 valence electrons. The van der Waals surface area contributed by atoms with Gasteiger partial charge in [0.05, 0.1) is 4.92 Å². The molecule has 2 atom stereocenters. The predicted molar refractivity (Wildman–Crippen MR) is 72.5 cm³/mol. The molecule has 3 rings (SSSR count). The van der Waals surface area contributed by atoms with E-state index in [1.54, 1.807) is 11.8 Å². The molecule has 7 nitrogen and oxygen atoms in total. The average Bonchev–Trinajstić information content (AvgIpc) is 2.84. The zero-order valence-electron chi connectivity index (χ0n) is 10.7. The normalized spacial score (nSPS) is 27.1. The Labute approximate surface area is 120 Å². The van der Waals surface area contributed by atoms with Gasteiger partial charge in [0.15, 0.2) is 0 Å². The van der Waals surface area contributed by atoms with Crippen molar-refractivity contribution >= 4 is 29.0 Å². The van der Waals surface area contributed by atoms with Gasteiger partial charge in [-0.1, -0.05) is 11.6 Å². The molecule has 2 fully saturated rings. The molecular weight excluding hydrogens is 284 g/mol. The van der Waals surface area contributed by atoms with Crippen LogP contribution in [0.15, 0.2) is 12.1 Å². The summed E-state index contributed by atoms with van der Waals surface area (Å²) in [5.41, 5.74) is -0.0807. The minimum atomic E-state index is -0.480. The molecule has 1 aromatic rings. The third kappa shape index (κ3) is 2.18. The van der Waals surface area contributed by atoms with Crippen molar-refractivity contribution in [2.45, 2.75) is 13.0 Å². The highest BCUT2D eigenvalue weighted by molar-refractivity contribution is 6.29. The predicted octanol–water partition coefficient (Wildman–Crippen LogP) is 1.53. The largest absolute Gasteiger partial charge is 0.361 e. The van der Waals surface area contributed by atoms with Gasteiger partial charge in [0.1, 0.15) is 5.15 Å². The number of anilines is 1. The number of carbonyl (C=O) groups excluding carboxylic acids is 1. The van der Waals surface area contributed by atoms with Gasteiger partial charge in [-0.25, -0.2) is 4.98 Å². The molecule has 2 heterocycles. The summed E-state index contributed by atoms with van der Waals surface area (Å²) in [5.74, 6) is 0.970. The summed E-state index contributed by atoms with van der Waals surface area (Å²) < 4.78 is 0. The quantitative estimate of drug-likeness (QED) is 0.519. The van der Waals surface area contributed by atoms with Crippen LogP contribution in [-0.4, -0.2) is 39.8 Å². The molecule has 0 bridgehead atoms. The summed E-state index contributed by atoms with van der Waals surface area (Å²) in [7, 11) is 0. The fourth-order valence-electron chi connectivity index (χ4n) is 2.84. The Balaban J connectivity index is 1.71. The van der Waals surface area contributed by atoms with Crippen LogP contribution in [0.1, 0.15) is 6.92 Å². The van der Waals surface area contributed by atoms with Gasteiger partial charge < -0.3 is 10.2 Å². The van der Waals surface area contributed by atoms with E-state index < -0.39 is 4.92 Å². The molecular formula is C12H13ClN4O3. The maximum absolute atomic E-state index is 11.3. The number of carbonyl (C=O) groups is 1. The second-order valence-electron chi connectivity index (χ2n) is 5.18. The minimum Gasteiger partial charge on any atom is -0.361 e. The number of hydrogen-bond donors (Lipinski definition) is 1. The highest BCUT2D eigenvalue weighted by Gasteiger charge is 2.56. The van der Waals surface area contributed by atoms with Crippen molar-refractivity contribution in [3.05, 3.63) is 27.4 Å². The highest BCUT2D eigenvalue weighted by Crippen LogP contribution is 2.47. The van der Waals surface area contributed by atoms with E-state index in [4.69, 9.17) is 11.6 Å². The molecule has 0 spiro atoms. The van der Waals surface area contributed by atoms with E-state index in [0.717, 1.165) is 0 Å². The van der Waals surface area contributed by atoms with Crippen LogP contribution in [0, 0.1) is 22.0 Å². The molecule has 8 heteroatoms. The molecule has 20 heavy (non-hydrogen) atoms. The van der Waals surface area contributed by atoms with Crippen molar-refractivity contribution in [2.75, 3.05) is 18.4 Å². The summed E-state index contributed by atoms with van der Waals surface area (Å²) in [6.07, 6.45) is 0. The average molecular weight is 297 g/mol. The standard InChI is InChI=1S/C12H13ClN4O3/c1-6(18)16-4-7-8(5-16)11(7)15-12-9(17(19)20)2-3-10(13)14-12/h2-3,7-8,11H,4-5H2,1H3,(H,14,15). The summed E-state index contributed by atoms with van der Waals surface area (Å²) >= 11 is 5.78. The molecule has 1 aliphatic heterocycles. The number of nitrogens with one attached hydrogen (secondary N) is 1. The lowest BCUT2D eigenvalue weighted by molar-refractivity contribution is -0.384. The van der Waals surface area contributed by atoms with Gasteiger partial charge in [-0.2, -0.15) is 0 Å². The van der Waals surface area contributed by atoms with E-state index in [0.29, 0.717) is 24.9 Å².